The number of imidazole rings is 1. The van der Waals surface area contributed by atoms with Crippen LogP contribution < -0.4 is 26.1 Å². The first kappa shape index (κ1) is 43.6. The normalized spacial score (nSPS) is 23.5. The van der Waals surface area contributed by atoms with Crippen molar-refractivity contribution in [2.75, 3.05) is 62.2 Å². The molecule has 348 valence electrons. The third kappa shape index (κ3) is 7.95. The Kier molecular flexibility index (Phi) is 11.3. The van der Waals surface area contributed by atoms with Crippen molar-refractivity contribution in [3.63, 3.8) is 0 Å². The van der Waals surface area contributed by atoms with E-state index in [0.717, 1.165) is 127 Å². The summed E-state index contributed by atoms with van der Waals surface area (Å²) in [4.78, 5) is 72.3. The minimum Gasteiger partial charge on any atom is -0.503 e. The summed E-state index contributed by atoms with van der Waals surface area (Å²) in [6.07, 6.45) is 8.84. The number of phenolic OH excluding ortho intramolecular Hbond substituents is 1. The van der Waals surface area contributed by atoms with Crippen molar-refractivity contribution in [1.29, 1.82) is 0 Å². The molecule has 3 aliphatic carbocycles. The Morgan fingerprint density at radius 1 is 0.894 bits per heavy atom. The minimum absolute atomic E-state index is 0.195. The predicted octanol–water partition coefficient (Wildman–Crippen LogP) is 4.66. The van der Waals surface area contributed by atoms with E-state index in [1.165, 1.54) is 4.57 Å². The van der Waals surface area contributed by atoms with Crippen LogP contribution in [0.3, 0.4) is 0 Å². The number of hydrogen-bond donors (Lipinski definition) is 3. The average Bonchev–Trinajstić information content (AvgIpc) is 4.12. The molecule has 17 nitrogen and oxygen atoms in total. The Labute approximate surface area is 377 Å². The second-order valence-electron chi connectivity index (χ2n) is 18.8. The number of halogens is 3. The van der Waals surface area contributed by atoms with Crippen molar-refractivity contribution in [1.82, 2.24) is 44.8 Å². The van der Waals surface area contributed by atoms with E-state index in [-0.39, 0.29) is 35.4 Å². The van der Waals surface area contributed by atoms with E-state index in [4.69, 9.17) is 19.5 Å². The maximum absolute atomic E-state index is 14.4. The van der Waals surface area contributed by atoms with E-state index in [1.54, 1.807) is 11.6 Å². The summed E-state index contributed by atoms with van der Waals surface area (Å²) < 4.78 is 51.3. The number of imide groups is 1. The quantitative estimate of drug-likeness (QED) is 0.116. The first-order chi connectivity index (χ1) is 31.8. The van der Waals surface area contributed by atoms with E-state index < -0.39 is 46.6 Å². The Morgan fingerprint density at radius 2 is 1.64 bits per heavy atom. The number of hydrogen-bond acceptors (Lipinski definition) is 13. The summed E-state index contributed by atoms with van der Waals surface area (Å²) in [7, 11) is 1.71. The number of anilines is 2. The van der Waals surface area contributed by atoms with Gasteiger partial charge in [-0.15, -0.1) is 0 Å². The number of amides is 3. The molecular formula is C46H52F3N11O6. The van der Waals surface area contributed by atoms with Gasteiger partial charge in [0, 0.05) is 70.8 Å². The van der Waals surface area contributed by atoms with Crippen LogP contribution in [0.25, 0.3) is 22.6 Å². The molecule has 3 aromatic heterocycles. The molecule has 66 heavy (non-hydrogen) atoms. The number of carbonyl (C=O) groups is 3. The number of piperidine rings is 1. The first-order valence-electron chi connectivity index (χ1n) is 22.9. The van der Waals surface area contributed by atoms with Gasteiger partial charge in [0.1, 0.15) is 17.6 Å². The maximum Gasteiger partial charge on any atom is 0.329 e. The highest BCUT2D eigenvalue weighted by molar-refractivity contribution is 6.00. The smallest absolute Gasteiger partial charge is 0.329 e. The van der Waals surface area contributed by atoms with Gasteiger partial charge in [-0.1, -0.05) is 11.2 Å². The third-order valence-corrected chi connectivity index (χ3v) is 14.9. The second-order valence-corrected chi connectivity index (χ2v) is 18.8. The van der Waals surface area contributed by atoms with Gasteiger partial charge in [0.15, 0.2) is 23.2 Å². The van der Waals surface area contributed by atoms with E-state index in [1.807, 2.05) is 24.3 Å². The van der Waals surface area contributed by atoms with Crippen LogP contribution in [0.4, 0.5) is 24.9 Å². The molecule has 3 amide bonds. The Hall–Kier alpha value is -6.31. The van der Waals surface area contributed by atoms with Gasteiger partial charge >= 0.3 is 5.69 Å². The molecule has 0 spiro atoms. The summed E-state index contributed by atoms with van der Waals surface area (Å²) in [6.45, 7) is 6.05. The molecule has 2 bridgehead atoms. The van der Waals surface area contributed by atoms with Gasteiger partial charge in [-0.3, -0.25) is 33.7 Å². The number of aryl methyl sites for hydroxylation is 2. The lowest BCUT2D eigenvalue weighted by molar-refractivity contribution is -0.135. The van der Waals surface area contributed by atoms with Crippen LogP contribution in [0, 0.1) is 22.9 Å². The highest BCUT2D eigenvalue weighted by atomic mass is 19.2. The fourth-order valence-corrected chi connectivity index (χ4v) is 10.8. The number of nitrogens with one attached hydrogen (secondary N) is 2. The maximum atomic E-state index is 14.4. The summed E-state index contributed by atoms with van der Waals surface area (Å²) in [5.41, 5.74) is 1.45. The summed E-state index contributed by atoms with van der Waals surface area (Å²) in [6, 6.07) is 7.66. The van der Waals surface area contributed by atoms with Crippen molar-refractivity contribution in [3.05, 3.63) is 75.2 Å². The number of piperazine rings is 1. The molecule has 11 rings (SSSR count). The Morgan fingerprint density at radius 3 is 2.36 bits per heavy atom. The molecular weight excluding hydrogens is 860 g/mol. The molecule has 3 saturated carbocycles. The fraction of sp³-hybridized carbons (Fsp3) is 0.522. The number of phenols is 1. The number of benzene rings is 2. The summed E-state index contributed by atoms with van der Waals surface area (Å²) in [5.74, 6) is -5.55. The fourth-order valence-electron chi connectivity index (χ4n) is 10.8. The van der Waals surface area contributed by atoms with Crippen molar-refractivity contribution < 1.29 is 37.2 Å². The summed E-state index contributed by atoms with van der Waals surface area (Å²) in [5, 5.41) is 18.9. The van der Waals surface area contributed by atoms with Gasteiger partial charge < -0.3 is 24.7 Å². The molecule has 3 N–H and O–H groups in total. The van der Waals surface area contributed by atoms with Gasteiger partial charge in [0.2, 0.25) is 23.6 Å². The van der Waals surface area contributed by atoms with Crippen LogP contribution >= 0.6 is 0 Å². The monoisotopic (exact) mass is 911 g/mol. The van der Waals surface area contributed by atoms with Crippen molar-refractivity contribution in [2.45, 2.75) is 88.5 Å². The zero-order chi connectivity index (χ0) is 45.9. The molecule has 5 aromatic rings. The lowest BCUT2D eigenvalue weighted by atomic mass is 9.53. The lowest BCUT2D eigenvalue weighted by Gasteiger charge is -2.52. The molecule has 1 atom stereocenters. The third-order valence-electron chi connectivity index (χ3n) is 14.9. The van der Waals surface area contributed by atoms with Gasteiger partial charge in [-0.25, -0.2) is 18.6 Å². The molecule has 20 heteroatoms. The topological polar surface area (TPSA) is 197 Å². The van der Waals surface area contributed by atoms with E-state index in [2.05, 4.69) is 30.5 Å². The number of fused-ring (bicyclic) bond motifs is 4. The van der Waals surface area contributed by atoms with Crippen LogP contribution in [-0.2, 0) is 28.5 Å². The highest BCUT2D eigenvalue weighted by Gasteiger charge is 2.52. The standard InChI is InChI=1S/C46H52F3N11O6/c1-56-33-23-27(6-7-31(33)60(44(56)65)32-8-9-35(61)53-40(32)64)5-4-16-57-19-21-59(22-20-57)43-51-30(25-34(52-43)58-17-2-3-18-58)41-54-42(55-66-41)46-13-10-45(11-14-46,12-15-46)26-50-39(63)28-24-29(47)38(62)37(49)36(28)48/h6-7,23-25,32,62H,2-5,8-22,26H2,1H3,(H,50,63)(H,53,61,64)/t32-,45?,46?/m1/s1. The van der Waals surface area contributed by atoms with Crippen LogP contribution in [0.15, 0.2) is 39.6 Å². The zero-order valence-electron chi connectivity index (χ0n) is 36.8. The Bertz CT molecular complexity index is 2770. The predicted molar refractivity (Wildman–Crippen MR) is 234 cm³/mol. The summed E-state index contributed by atoms with van der Waals surface area (Å²) >= 11 is 0. The molecule has 6 aliphatic rings. The largest absolute Gasteiger partial charge is 0.503 e. The van der Waals surface area contributed by atoms with Crippen LogP contribution in [0.1, 0.15) is 98.4 Å². The minimum atomic E-state index is -1.79. The average molecular weight is 912 g/mol. The number of carbonyl (C=O) groups excluding carboxylic acids is 3. The number of rotatable bonds is 12. The molecule has 0 unspecified atom stereocenters. The first-order valence-corrected chi connectivity index (χ1v) is 22.9. The number of aromatic hydroxyl groups is 1. The lowest BCUT2D eigenvalue weighted by Crippen LogP contribution is -2.49. The van der Waals surface area contributed by atoms with Crippen molar-refractivity contribution in [3.8, 4) is 17.3 Å². The Balaban J connectivity index is 0.766. The van der Waals surface area contributed by atoms with Gasteiger partial charge in [-0.2, -0.15) is 14.4 Å². The highest BCUT2D eigenvalue weighted by Crippen LogP contribution is 2.57. The zero-order valence-corrected chi connectivity index (χ0v) is 36.8. The van der Waals surface area contributed by atoms with Crippen LogP contribution in [0.5, 0.6) is 5.75 Å². The molecule has 2 aromatic carbocycles. The number of aromatic nitrogens is 6. The molecule has 6 fully saturated rings. The van der Waals surface area contributed by atoms with Crippen molar-refractivity contribution >= 4 is 40.5 Å². The molecule has 0 radical (unpaired) electrons. The second kappa shape index (κ2) is 17.2. The number of nitrogens with zero attached hydrogens (tertiary/aromatic N) is 9. The van der Waals surface area contributed by atoms with Gasteiger partial charge in [0.05, 0.1) is 16.6 Å². The molecule has 6 heterocycles. The molecule has 3 aliphatic heterocycles. The van der Waals surface area contributed by atoms with Gasteiger partial charge in [-0.05, 0) is 106 Å². The van der Waals surface area contributed by atoms with Gasteiger partial charge in [0.25, 0.3) is 11.8 Å². The van der Waals surface area contributed by atoms with E-state index in [9.17, 15) is 37.5 Å². The van der Waals surface area contributed by atoms with Crippen LogP contribution in [-0.4, -0.2) is 109 Å². The van der Waals surface area contributed by atoms with E-state index >= 15 is 0 Å². The SMILES string of the molecule is Cn1c(=O)n([C@@H]2CCC(=O)NC2=O)c2ccc(CCCN3CCN(c4nc(-c5nc(C67CCC(CNC(=O)c8cc(F)c(O)c(F)c8F)(CC6)CC7)no5)cc(N5CCCC5)n4)CC3)cc21. The van der Waals surface area contributed by atoms with Crippen molar-refractivity contribution in [2.24, 2.45) is 12.5 Å². The molecule has 3 saturated heterocycles. The van der Waals surface area contributed by atoms with E-state index in [0.29, 0.717) is 41.4 Å². The van der Waals surface area contributed by atoms with Crippen LogP contribution in [0.2, 0.25) is 0 Å².